The van der Waals surface area contributed by atoms with Gasteiger partial charge < -0.3 is 9.84 Å². The molecule has 0 aliphatic heterocycles. The van der Waals surface area contributed by atoms with Crippen LogP contribution in [0.5, 0.6) is 0 Å². The van der Waals surface area contributed by atoms with Gasteiger partial charge in [0.1, 0.15) is 11.5 Å². The Labute approximate surface area is 128 Å². The Kier molecular flexibility index (Phi) is 3.44. The number of carbonyl (C=O) groups is 1. The highest BCUT2D eigenvalue weighted by molar-refractivity contribution is 5.94. The van der Waals surface area contributed by atoms with Crippen molar-refractivity contribution in [3.8, 4) is 0 Å². The van der Waals surface area contributed by atoms with Gasteiger partial charge in [0.2, 0.25) is 5.91 Å². The molecule has 6 nitrogen and oxygen atoms in total. The molecule has 3 aromatic rings. The zero-order valence-corrected chi connectivity index (χ0v) is 13.1. The van der Waals surface area contributed by atoms with Crippen molar-refractivity contribution in [3.63, 3.8) is 0 Å². The smallest absolute Gasteiger partial charge is 0.231 e. The Morgan fingerprint density at radius 1 is 1.23 bits per heavy atom. The molecule has 2 heterocycles. The highest BCUT2D eigenvalue weighted by Crippen LogP contribution is 2.23. The van der Waals surface area contributed by atoms with Gasteiger partial charge in [-0.25, -0.2) is 0 Å². The van der Waals surface area contributed by atoms with Gasteiger partial charge in [0.25, 0.3) is 0 Å². The first-order chi connectivity index (χ1) is 10.4. The van der Waals surface area contributed by atoms with E-state index in [1.807, 2.05) is 39.0 Å². The molecule has 22 heavy (non-hydrogen) atoms. The predicted octanol–water partition coefficient (Wildman–Crippen LogP) is 2.67. The average molecular weight is 298 g/mol. The molecule has 0 aliphatic rings. The molecule has 0 bridgehead atoms. The summed E-state index contributed by atoms with van der Waals surface area (Å²) in [7, 11) is 1.79. The van der Waals surface area contributed by atoms with E-state index < -0.39 is 0 Å². The van der Waals surface area contributed by atoms with Crippen molar-refractivity contribution in [2.24, 2.45) is 7.05 Å². The summed E-state index contributed by atoms with van der Waals surface area (Å²) in [6.07, 6.45) is 0.166. The van der Waals surface area contributed by atoms with Gasteiger partial charge in [0.15, 0.2) is 5.58 Å². The summed E-state index contributed by atoms with van der Waals surface area (Å²) in [5, 5.41) is 12.0. The van der Waals surface area contributed by atoms with Crippen LogP contribution in [0.15, 0.2) is 22.7 Å². The molecule has 0 radical (unpaired) electrons. The molecule has 0 aliphatic carbocycles. The Bertz CT molecular complexity index is 861. The fourth-order valence-corrected chi connectivity index (χ4v) is 2.44. The van der Waals surface area contributed by atoms with E-state index in [4.69, 9.17) is 4.52 Å². The van der Waals surface area contributed by atoms with E-state index in [9.17, 15) is 4.79 Å². The van der Waals surface area contributed by atoms with Crippen LogP contribution in [0.2, 0.25) is 0 Å². The summed E-state index contributed by atoms with van der Waals surface area (Å²) in [4.78, 5) is 12.2. The predicted molar refractivity (Wildman–Crippen MR) is 83.8 cm³/mol. The maximum atomic E-state index is 12.2. The van der Waals surface area contributed by atoms with Gasteiger partial charge in [-0.05, 0) is 44.0 Å². The van der Waals surface area contributed by atoms with Gasteiger partial charge >= 0.3 is 0 Å². The number of fused-ring (bicyclic) bond motifs is 1. The molecule has 0 spiro atoms. The summed E-state index contributed by atoms with van der Waals surface area (Å²) in [5.41, 5.74) is 4.51. The van der Waals surface area contributed by atoms with Crippen LogP contribution in [0.4, 0.5) is 5.82 Å². The molecule has 3 rings (SSSR count). The number of aryl methyl sites for hydroxylation is 4. The zero-order valence-electron chi connectivity index (χ0n) is 13.1. The topological polar surface area (TPSA) is 73.0 Å². The number of amides is 1. The number of hydrogen-bond donors (Lipinski definition) is 1. The quantitative estimate of drug-likeness (QED) is 0.807. The monoisotopic (exact) mass is 298 g/mol. The van der Waals surface area contributed by atoms with Crippen molar-refractivity contribution in [3.05, 3.63) is 40.7 Å². The number of nitrogens with zero attached hydrogens (tertiary/aromatic N) is 3. The lowest BCUT2D eigenvalue weighted by molar-refractivity contribution is -0.115. The highest BCUT2D eigenvalue weighted by Gasteiger charge is 2.15. The minimum atomic E-state index is -0.142. The summed E-state index contributed by atoms with van der Waals surface area (Å²) in [5.74, 6) is 0.527. The molecule has 1 aromatic carbocycles. The maximum absolute atomic E-state index is 12.2. The van der Waals surface area contributed by atoms with Crippen molar-refractivity contribution in [2.75, 3.05) is 5.32 Å². The van der Waals surface area contributed by atoms with Gasteiger partial charge in [-0.1, -0.05) is 5.16 Å². The van der Waals surface area contributed by atoms with E-state index >= 15 is 0 Å². The molecule has 1 N–H and O–H groups in total. The van der Waals surface area contributed by atoms with Gasteiger partial charge in [0, 0.05) is 18.5 Å². The third kappa shape index (κ3) is 2.59. The zero-order chi connectivity index (χ0) is 15.9. The Balaban J connectivity index is 1.82. The lowest BCUT2D eigenvalue weighted by Crippen LogP contribution is -2.16. The second-order valence-corrected chi connectivity index (χ2v) is 5.58. The third-order valence-electron chi connectivity index (χ3n) is 3.76. The number of anilines is 1. The molecule has 2 aromatic heterocycles. The Morgan fingerprint density at radius 2 is 1.95 bits per heavy atom. The number of benzene rings is 1. The highest BCUT2D eigenvalue weighted by atomic mass is 16.5. The van der Waals surface area contributed by atoms with Gasteiger partial charge in [0.05, 0.1) is 12.1 Å². The second kappa shape index (κ2) is 5.29. The molecular formula is C16H18N4O2. The van der Waals surface area contributed by atoms with E-state index in [1.165, 1.54) is 0 Å². The SMILES string of the molecule is Cc1cc(NC(=O)Cc2noc3cc(C)c(C)cc23)n(C)n1. The number of hydrogen-bond acceptors (Lipinski definition) is 4. The lowest BCUT2D eigenvalue weighted by Gasteiger charge is -2.04. The summed E-state index contributed by atoms with van der Waals surface area (Å²) in [6.45, 7) is 5.93. The van der Waals surface area contributed by atoms with Crippen molar-refractivity contribution in [1.82, 2.24) is 14.9 Å². The van der Waals surface area contributed by atoms with Crippen molar-refractivity contribution in [2.45, 2.75) is 27.2 Å². The first-order valence-corrected chi connectivity index (χ1v) is 7.10. The minimum Gasteiger partial charge on any atom is -0.356 e. The van der Waals surface area contributed by atoms with E-state index in [0.29, 0.717) is 17.1 Å². The largest absolute Gasteiger partial charge is 0.356 e. The van der Waals surface area contributed by atoms with Gasteiger partial charge in [-0.3, -0.25) is 9.48 Å². The van der Waals surface area contributed by atoms with Gasteiger partial charge in [-0.2, -0.15) is 5.10 Å². The molecule has 0 saturated carbocycles. The average Bonchev–Trinajstić information content (AvgIpc) is 2.95. The normalized spacial score (nSPS) is 11.1. The van der Waals surface area contributed by atoms with E-state index in [-0.39, 0.29) is 12.3 Å². The molecule has 0 saturated heterocycles. The molecule has 114 valence electrons. The Hall–Kier alpha value is -2.63. The van der Waals surface area contributed by atoms with E-state index in [1.54, 1.807) is 11.7 Å². The molecule has 0 fully saturated rings. The van der Waals surface area contributed by atoms with E-state index in [2.05, 4.69) is 15.6 Å². The number of rotatable bonds is 3. The minimum absolute atomic E-state index is 0.142. The van der Waals surface area contributed by atoms with Crippen molar-refractivity contribution < 1.29 is 9.32 Å². The molecular weight excluding hydrogens is 280 g/mol. The second-order valence-electron chi connectivity index (χ2n) is 5.58. The van der Waals surface area contributed by atoms with Crippen LogP contribution in [0.3, 0.4) is 0 Å². The van der Waals surface area contributed by atoms with Crippen LogP contribution in [0.1, 0.15) is 22.5 Å². The molecule has 6 heteroatoms. The first kappa shape index (κ1) is 14.3. The van der Waals surface area contributed by atoms with E-state index in [0.717, 1.165) is 22.2 Å². The maximum Gasteiger partial charge on any atom is 0.231 e. The van der Waals surface area contributed by atoms with Crippen LogP contribution in [-0.2, 0) is 18.3 Å². The molecule has 0 atom stereocenters. The standard InChI is InChI=1S/C16H18N4O2/c1-9-5-12-13(19-22-14(12)6-10(9)2)8-16(21)17-15-7-11(3)18-20(15)4/h5-7H,8H2,1-4H3,(H,17,21). The van der Waals surface area contributed by atoms with Crippen molar-refractivity contribution in [1.29, 1.82) is 0 Å². The molecule has 0 unspecified atom stereocenters. The lowest BCUT2D eigenvalue weighted by atomic mass is 10.1. The summed E-state index contributed by atoms with van der Waals surface area (Å²) < 4.78 is 6.96. The van der Waals surface area contributed by atoms with Crippen LogP contribution in [-0.4, -0.2) is 20.8 Å². The third-order valence-corrected chi connectivity index (χ3v) is 3.76. The first-order valence-electron chi connectivity index (χ1n) is 7.10. The number of aromatic nitrogens is 3. The van der Waals surface area contributed by atoms with Crippen LogP contribution in [0, 0.1) is 20.8 Å². The molecule has 1 amide bonds. The number of carbonyl (C=O) groups excluding carboxylic acids is 1. The Morgan fingerprint density at radius 3 is 2.64 bits per heavy atom. The fraction of sp³-hybridized carbons (Fsp3) is 0.312. The van der Waals surface area contributed by atoms with Gasteiger partial charge in [-0.15, -0.1) is 0 Å². The van der Waals surface area contributed by atoms with Crippen molar-refractivity contribution >= 4 is 22.7 Å². The van der Waals surface area contributed by atoms with Crippen LogP contribution >= 0.6 is 0 Å². The van der Waals surface area contributed by atoms with Crippen LogP contribution < -0.4 is 5.32 Å². The summed E-state index contributed by atoms with van der Waals surface area (Å²) >= 11 is 0. The number of nitrogens with one attached hydrogen (secondary N) is 1. The van der Waals surface area contributed by atoms with Crippen LogP contribution in [0.25, 0.3) is 11.0 Å². The summed E-state index contributed by atoms with van der Waals surface area (Å²) in [6, 6.07) is 5.79. The fourth-order valence-electron chi connectivity index (χ4n) is 2.44.